The van der Waals surface area contributed by atoms with Gasteiger partial charge in [-0.1, -0.05) is 11.6 Å². The summed E-state index contributed by atoms with van der Waals surface area (Å²) >= 11 is 5.73. The number of halogens is 2. The maximum atomic E-state index is 12.1. The Labute approximate surface area is 154 Å². The SMILES string of the molecule is Cl.O=C(CS(=O)(=O)c1ccc(Cl)cc1)NCCCN1CCNCC1. The van der Waals surface area contributed by atoms with Crippen LogP contribution in [-0.2, 0) is 14.6 Å². The van der Waals surface area contributed by atoms with Crippen LogP contribution in [0.3, 0.4) is 0 Å². The number of amides is 1. The molecule has 0 aliphatic carbocycles. The third-order valence-electron chi connectivity index (χ3n) is 3.68. The lowest BCUT2D eigenvalue weighted by Gasteiger charge is -2.27. The minimum absolute atomic E-state index is 0. The third-order valence-corrected chi connectivity index (χ3v) is 5.56. The Bertz CT molecular complexity index is 617. The Morgan fingerprint density at radius 1 is 1.21 bits per heavy atom. The summed E-state index contributed by atoms with van der Waals surface area (Å²) in [7, 11) is -3.62. The summed E-state index contributed by atoms with van der Waals surface area (Å²) in [6.07, 6.45) is 0.812. The molecule has 1 aliphatic rings. The topological polar surface area (TPSA) is 78.5 Å². The van der Waals surface area contributed by atoms with E-state index in [-0.39, 0.29) is 17.3 Å². The van der Waals surface area contributed by atoms with Crippen molar-refractivity contribution in [1.29, 1.82) is 0 Å². The van der Waals surface area contributed by atoms with Crippen LogP contribution in [0.2, 0.25) is 5.02 Å². The van der Waals surface area contributed by atoms with E-state index < -0.39 is 21.5 Å². The minimum Gasteiger partial charge on any atom is -0.355 e. The normalized spacial score (nSPS) is 15.5. The Kier molecular flexibility index (Phi) is 9.01. The Morgan fingerprint density at radius 2 is 1.83 bits per heavy atom. The maximum absolute atomic E-state index is 12.1. The van der Waals surface area contributed by atoms with Crippen molar-refractivity contribution in [1.82, 2.24) is 15.5 Å². The van der Waals surface area contributed by atoms with Crippen molar-refractivity contribution in [3.63, 3.8) is 0 Å². The van der Waals surface area contributed by atoms with Gasteiger partial charge in [0.2, 0.25) is 5.91 Å². The molecule has 0 radical (unpaired) electrons. The van der Waals surface area contributed by atoms with Gasteiger partial charge in [-0.3, -0.25) is 4.79 Å². The van der Waals surface area contributed by atoms with Crippen molar-refractivity contribution >= 4 is 39.8 Å². The first kappa shape index (κ1) is 21.2. The highest BCUT2D eigenvalue weighted by Crippen LogP contribution is 2.15. The fourth-order valence-corrected chi connectivity index (χ4v) is 3.70. The first-order chi connectivity index (χ1) is 11.0. The predicted octanol–water partition coefficient (Wildman–Crippen LogP) is 0.947. The molecule has 1 aromatic carbocycles. The number of rotatable bonds is 7. The summed E-state index contributed by atoms with van der Waals surface area (Å²) in [6.45, 7) is 5.40. The number of hydrogen-bond acceptors (Lipinski definition) is 5. The molecule has 1 heterocycles. The second-order valence-corrected chi connectivity index (χ2v) is 7.93. The summed E-state index contributed by atoms with van der Waals surface area (Å²) in [5, 5.41) is 6.41. The molecule has 24 heavy (non-hydrogen) atoms. The van der Waals surface area contributed by atoms with E-state index in [1.165, 1.54) is 24.3 Å². The molecular formula is C15H23Cl2N3O3S. The van der Waals surface area contributed by atoms with Gasteiger partial charge in [-0.05, 0) is 37.2 Å². The molecule has 1 saturated heterocycles. The van der Waals surface area contributed by atoms with Gasteiger partial charge in [0.25, 0.3) is 0 Å². The van der Waals surface area contributed by atoms with Crippen LogP contribution in [0.25, 0.3) is 0 Å². The number of piperazine rings is 1. The monoisotopic (exact) mass is 395 g/mol. The molecule has 2 N–H and O–H groups in total. The number of carbonyl (C=O) groups excluding carboxylic acids is 1. The van der Waals surface area contributed by atoms with Crippen LogP contribution in [0.1, 0.15) is 6.42 Å². The van der Waals surface area contributed by atoms with E-state index in [0.29, 0.717) is 11.6 Å². The highest BCUT2D eigenvalue weighted by Gasteiger charge is 2.19. The summed E-state index contributed by atoms with van der Waals surface area (Å²) in [6, 6.07) is 5.82. The van der Waals surface area contributed by atoms with Gasteiger partial charge in [0.15, 0.2) is 9.84 Å². The first-order valence-corrected chi connectivity index (χ1v) is 9.68. The van der Waals surface area contributed by atoms with E-state index in [1.807, 2.05) is 0 Å². The van der Waals surface area contributed by atoms with Crippen molar-refractivity contribution in [3.05, 3.63) is 29.3 Å². The Morgan fingerprint density at radius 3 is 2.46 bits per heavy atom. The summed E-state index contributed by atoms with van der Waals surface area (Å²) < 4.78 is 24.2. The molecule has 2 rings (SSSR count). The van der Waals surface area contributed by atoms with Crippen LogP contribution >= 0.6 is 24.0 Å². The summed E-state index contributed by atoms with van der Waals surface area (Å²) in [5.41, 5.74) is 0. The van der Waals surface area contributed by atoms with Gasteiger partial charge in [-0.25, -0.2) is 8.42 Å². The van der Waals surface area contributed by atoms with E-state index in [9.17, 15) is 13.2 Å². The molecule has 1 fully saturated rings. The van der Waals surface area contributed by atoms with Crippen LogP contribution < -0.4 is 10.6 Å². The zero-order chi connectivity index (χ0) is 16.7. The number of nitrogens with zero attached hydrogens (tertiary/aromatic N) is 1. The van der Waals surface area contributed by atoms with E-state index in [4.69, 9.17) is 11.6 Å². The zero-order valence-electron chi connectivity index (χ0n) is 13.3. The molecule has 0 saturated carbocycles. The molecule has 0 bridgehead atoms. The molecule has 0 spiro atoms. The lowest BCUT2D eigenvalue weighted by molar-refractivity contribution is -0.118. The van der Waals surface area contributed by atoms with Crippen LogP contribution in [-0.4, -0.2) is 64.2 Å². The third kappa shape index (κ3) is 6.94. The number of hydrogen-bond donors (Lipinski definition) is 2. The first-order valence-electron chi connectivity index (χ1n) is 7.65. The summed E-state index contributed by atoms with van der Waals surface area (Å²) in [4.78, 5) is 14.2. The van der Waals surface area contributed by atoms with Crippen molar-refractivity contribution in [3.8, 4) is 0 Å². The Balaban J connectivity index is 0.00000288. The molecule has 1 aromatic rings. The van der Waals surface area contributed by atoms with E-state index in [1.54, 1.807) is 0 Å². The van der Waals surface area contributed by atoms with Crippen molar-refractivity contribution in [2.45, 2.75) is 11.3 Å². The van der Waals surface area contributed by atoms with Crippen LogP contribution in [0.15, 0.2) is 29.2 Å². The van der Waals surface area contributed by atoms with E-state index in [2.05, 4.69) is 15.5 Å². The van der Waals surface area contributed by atoms with Crippen molar-refractivity contribution in [2.75, 3.05) is 45.0 Å². The number of sulfone groups is 1. The smallest absolute Gasteiger partial charge is 0.235 e. The molecular weight excluding hydrogens is 373 g/mol. The molecule has 0 atom stereocenters. The van der Waals surface area contributed by atoms with Gasteiger partial charge in [0.05, 0.1) is 4.90 Å². The molecule has 136 valence electrons. The molecule has 9 heteroatoms. The average molecular weight is 396 g/mol. The number of nitrogens with one attached hydrogen (secondary N) is 2. The van der Waals surface area contributed by atoms with Crippen molar-refractivity contribution < 1.29 is 13.2 Å². The number of benzene rings is 1. The average Bonchev–Trinajstić information content (AvgIpc) is 2.52. The van der Waals surface area contributed by atoms with Gasteiger partial charge in [-0.15, -0.1) is 12.4 Å². The molecule has 0 aromatic heterocycles. The zero-order valence-corrected chi connectivity index (χ0v) is 15.7. The highest BCUT2D eigenvalue weighted by molar-refractivity contribution is 7.92. The van der Waals surface area contributed by atoms with Gasteiger partial charge < -0.3 is 15.5 Å². The van der Waals surface area contributed by atoms with Crippen molar-refractivity contribution in [2.24, 2.45) is 0 Å². The molecule has 1 aliphatic heterocycles. The standard InChI is InChI=1S/C15H22ClN3O3S.ClH/c16-13-2-4-14(5-3-13)23(21,22)12-15(20)18-6-1-9-19-10-7-17-8-11-19;/h2-5,17H,1,6-12H2,(H,18,20);1H. The largest absolute Gasteiger partial charge is 0.355 e. The van der Waals surface area contributed by atoms with Crippen LogP contribution in [0.5, 0.6) is 0 Å². The Hall–Kier alpha value is -0.860. The lowest BCUT2D eigenvalue weighted by atomic mass is 10.3. The molecule has 1 amide bonds. The minimum atomic E-state index is -3.62. The fraction of sp³-hybridized carbons (Fsp3) is 0.533. The number of carbonyl (C=O) groups is 1. The quantitative estimate of drug-likeness (QED) is 0.671. The van der Waals surface area contributed by atoms with E-state index >= 15 is 0 Å². The van der Waals surface area contributed by atoms with Crippen LogP contribution in [0, 0.1) is 0 Å². The predicted molar refractivity (Wildman–Crippen MR) is 97.7 cm³/mol. The lowest BCUT2D eigenvalue weighted by Crippen LogP contribution is -2.44. The second-order valence-electron chi connectivity index (χ2n) is 5.51. The fourth-order valence-electron chi connectivity index (χ4n) is 2.41. The van der Waals surface area contributed by atoms with Crippen LogP contribution in [0.4, 0.5) is 0 Å². The van der Waals surface area contributed by atoms with E-state index in [0.717, 1.165) is 39.1 Å². The highest BCUT2D eigenvalue weighted by atomic mass is 35.5. The van der Waals surface area contributed by atoms with Gasteiger partial charge in [-0.2, -0.15) is 0 Å². The molecule has 6 nitrogen and oxygen atoms in total. The maximum Gasteiger partial charge on any atom is 0.235 e. The van der Waals surface area contributed by atoms with Gasteiger partial charge in [0.1, 0.15) is 5.75 Å². The van der Waals surface area contributed by atoms with Gasteiger partial charge in [0, 0.05) is 37.7 Å². The molecule has 0 unspecified atom stereocenters. The van der Waals surface area contributed by atoms with Gasteiger partial charge >= 0.3 is 0 Å². The second kappa shape index (κ2) is 10.2. The summed E-state index contributed by atoms with van der Waals surface area (Å²) in [5.74, 6) is -1.01.